The number of hydrogen-bond donors (Lipinski definition) is 3. The molecule has 0 saturated carbocycles. The first-order valence-corrected chi connectivity index (χ1v) is 10.5. The van der Waals surface area contributed by atoms with Crippen LogP contribution in [-0.4, -0.2) is 48.2 Å². The number of Topliss-reactive ketones (excluding diaryl/α,β-unsaturated/α-hetero) is 1. The van der Waals surface area contributed by atoms with Gasteiger partial charge in [0.15, 0.2) is 17.0 Å². The number of aromatic nitrogens is 5. The third kappa shape index (κ3) is 4.04. The summed E-state index contributed by atoms with van der Waals surface area (Å²) < 4.78 is 11.1. The van der Waals surface area contributed by atoms with E-state index in [0.717, 1.165) is 5.56 Å². The fourth-order valence-corrected chi connectivity index (χ4v) is 3.58. The lowest BCUT2D eigenvalue weighted by Crippen LogP contribution is -2.32. The van der Waals surface area contributed by atoms with Crippen LogP contribution in [0.25, 0.3) is 11.5 Å². The van der Waals surface area contributed by atoms with Gasteiger partial charge in [0.25, 0.3) is 5.89 Å². The maximum atomic E-state index is 12.3. The molecule has 11 nitrogen and oxygen atoms in total. The standard InChI is InChI=1S/C23H21N7O4/c1-23(2)19(32)18-17(34-23)8-14(9-24-18)27-22-25-10-15(21-30-26-12-33-21)20(29-22)28-16(11-31)13-6-4-3-5-7-13/h3-10,12,16,31H,11H2,1-2H3,(H2,25,27,28,29)/t16-/m1/s1. The molecule has 1 atom stereocenters. The van der Waals surface area contributed by atoms with Crippen LogP contribution in [0.15, 0.2) is 59.6 Å². The number of aliphatic hydroxyl groups excluding tert-OH is 1. The molecule has 1 aliphatic heterocycles. The van der Waals surface area contributed by atoms with E-state index in [2.05, 4.69) is 35.8 Å². The molecule has 5 rings (SSSR count). The summed E-state index contributed by atoms with van der Waals surface area (Å²) in [4.78, 5) is 25.5. The first-order chi connectivity index (χ1) is 16.4. The normalized spacial score (nSPS) is 14.9. The summed E-state index contributed by atoms with van der Waals surface area (Å²) in [5, 5.41) is 24.0. The second-order valence-electron chi connectivity index (χ2n) is 8.13. The van der Waals surface area contributed by atoms with E-state index in [9.17, 15) is 9.90 Å². The number of pyridine rings is 1. The summed E-state index contributed by atoms with van der Waals surface area (Å²) >= 11 is 0. The van der Waals surface area contributed by atoms with E-state index < -0.39 is 11.6 Å². The molecule has 0 radical (unpaired) electrons. The predicted octanol–water partition coefficient (Wildman–Crippen LogP) is 3.16. The summed E-state index contributed by atoms with van der Waals surface area (Å²) in [5.74, 6) is 1.08. The highest BCUT2D eigenvalue weighted by atomic mass is 16.5. The molecule has 3 N–H and O–H groups in total. The van der Waals surface area contributed by atoms with Crippen molar-refractivity contribution in [3.63, 3.8) is 0 Å². The Morgan fingerprint density at radius 3 is 2.71 bits per heavy atom. The minimum absolute atomic E-state index is 0.170. The molecule has 1 aromatic carbocycles. The Hall–Kier alpha value is -4.38. The van der Waals surface area contributed by atoms with Gasteiger partial charge >= 0.3 is 0 Å². The number of nitrogens with zero attached hydrogens (tertiary/aromatic N) is 5. The topological polar surface area (TPSA) is 148 Å². The number of carbonyl (C=O) groups excluding carboxylic acids is 1. The zero-order chi connectivity index (χ0) is 23.7. The van der Waals surface area contributed by atoms with Crippen LogP contribution in [0.5, 0.6) is 5.75 Å². The molecule has 34 heavy (non-hydrogen) atoms. The lowest BCUT2D eigenvalue weighted by atomic mass is 10.0. The number of anilines is 3. The zero-order valence-electron chi connectivity index (χ0n) is 18.4. The highest BCUT2D eigenvalue weighted by Gasteiger charge is 2.41. The molecular formula is C23H21N7O4. The van der Waals surface area contributed by atoms with Crippen molar-refractivity contribution in [2.45, 2.75) is 25.5 Å². The maximum Gasteiger partial charge on any atom is 0.252 e. The number of fused-ring (bicyclic) bond motifs is 1. The molecule has 4 aromatic rings. The summed E-state index contributed by atoms with van der Waals surface area (Å²) in [6, 6.07) is 10.7. The number of carbonyl (C=O) groups is 1. The second kappa shape index (κ2) is 8.52. The molecule has 3 aromatic heterocycles. The van der Waals surface area contributed by atoms with Crippen LogP contribution in [0.3, 0.4) is 0 Å². The quantitative estimate of drug-likeness (QED) is 0.374. The Morgan fingerprint density at radius 1 is 1.15 bits per heavy atom. The molecule has 4 heterocycles. The number of nitrogens with one attached hydrogen (secondary N) is 2. The van der Waals surface area contributed by atoms with Crippen LogP contribution < -0.4 is 15.4 Å². The third-order valence-corrected chi connectivity index (χ3v) is 5.31. The molecule has 11 heteroatoms. The first kappa shape index (κ1) is 21.5. The van der Waals surface area contributed by atoms with Gasteiger partial charge in [0, 0.05) is 12.3 Å². The van der Waals surface area contributed by atoms with Crippen molar-refractivity contribution in [3.8, 4) is 17.2 Å². The molecule has 172 valence electrons. The number of hydrogen-bond acceptors (Lipinski definition) is 11. The number of aliphatic hydroxyl groups is 1. The number of benzene rings is 1. The molecule has 0 amide bonds. The Bertz CT molecular complexity index is 1330. The van der Waals surface area contributed by atoms with Crippen molar-refractivity contribution in [2.24, 2.45) is 0 Å². The Kier molecular flexibility index (Phi) is 5.38. The van der Waals surface area contributed by atoms with Gasteiger partial charge in [0.2, 0.25) is 18.1 Å². The van der Waals surface area contributed by atoms with Crippen LogP contribution in [0.1, 0.15) is 35.9 Å². The van der Waals surface area contributed by atoms with Crippen molar-refractivity contribution in [3.05, 3.63) is 66.4 Å². The average molecular weight is 459 g/mol. The summed E-state index contributed by atoms with van der Waals surface area (Å²) in [7, 11) is 0. The van der Waals surface area contributed by atoms with Crippen LogP contribution in [-0.2, 0) is 0 Å². The fourth-order valence-electron chi connectivity index (χ4n) is 3.58. The van der Waals surface area contributed by atoms with E-state index in [0.29, 0.717) is 28.5 Å². The Morgan fingerprint density at radius 2 is 1.97 bits per heavy atom. The van der Waals surface area contributed by atoms with Gasteiger partial charge in [-0.3, -0.25) is 4.79 Å². The van der Waals surface area contributed by atoms with Crippen molar-refractivity contribution in [1.82, 2.24) is 25.1 Å². The van der Waals surface area contributed by atoms with Gasteiger partial charge < -0.3 is 24.9 Å². The Labute approximate surface area is 194 Å². The molecule has 0 unspecified atom stereocenters. The molecular weight excluding hydrogens is 438 g/mol. The largest absolute Gasteiger partial charge is 0.477 e. The summed E-state index contributed by atoms with van der Waals surface area (Å²) in [5.41, 5.74) is 1.23. The molecule has 0 fully saturated rings. The number of rotatable bonds is 7. The molecule has 1 aliphatic rings. The monoisotopic (exact) mass is 459 g/mol. The number of ketones is 1. The highest BCUT2D eigenvalue weighted by molar-refractivity contribution is 6.05. The van der Waals surface area contributed by atoms with Crippen LogP contribution in [0.2, 0.25) is 0 Å². The van der Waals surface area contributed by atoms with E-state index in [-0.39, 0.29) is 24.2 Å². The molecule has 0 spiro atoms. The zero-order valence-corrected chi connectivity index (χ0v) is 18.4. The molecule has 0 bridgehead atoms. The number of ether oxygens (including phenoxy) is 1. The van der Waals surface area contributed by atoms with E-state index >= 15 is 0 Å². The van der Waals surface area contributed by atoms with E-state index in [1.165, 1.54) is 18.8 Å². The van der Waals surface area contributed by atoms with Crippen molar-refractivity contribution >= 4 is 23.2 Å². The minimum Gasteiger partial charge on any atom is -0.477 e. The lowest BCUT2D eigenvalue weighted by Gasteiger charge is -2.19. The molecule has 0 saturated heterocycles. The van der Waals surface area contributed by atoms with Gasteiger partial charge in [0.1, 0.15) is 5.82 Å². The lowest BCUT2D eigenvalue weighted by molar-refractivity contribution is 0.0682. The molecule has 0 aliphatic carbocycles. The van der Waals surface area contributed by atoms with Crippen molar-refractivity contribution in [2.75, 3.05) is 17.2 Å². The summed E-state index contributed by atoms with van der Waals surface area (Å²) in [6.07, 6.45) is 4.27. The van der Waals surface area contributed by atoms with Crippen LogP contribution in [0.4, 0.5) is 17.5 Å². The van der Waals surface area contributed by atoms with E-state index in [4.69, 9.17) is 9.15 Å². The van der Waals surface area contributed by atoms with E-state index in [1.54, 1.807) is 19.9 Å². The Balaban J connectivity index is 1.46. The van der Waals surface area contributed by atoms with Gasteiger partial charge in [-0.25, -0.2) is 9.97 Å². The van der Waals surface area contributed by atoms with Gasteiger partial charge in [-0.05, 0) is 19.4 Å². The van der Waals surface area contributed by atoms with Gasteiger partial charge in [-0.2, -0.15) is 4.98 Å². The average Bonchev–Trinajstić information content (AvgIpc) is 3.44. The maximum absolute atomic E-state index is 12.3. The second-order valence-corrected chi connectivity index (χ2v) is 8.13. The smallest absolute Gasteiger partial charge is 0.252 e. The van der Waals surface area contributed by atoms with Crippen LogP contribution in [0, 0.1) is 0 Å². The van der Waals surface area contributed by atoms with Crippen LogP contribution >= 0.6 is 0 Å². The van der Waals surface area contributed by atoms with Gasteiger partial charge in [-0.1, -0.05) is 30.3 Å². The third-order valence-electron chi connectivity index (χ3n) is 5.31. The fraction of sp³-hybridized carbons (Fsp3) is 0.217. The van der Waals surface area contributed by atoms with Crippen molar-refractivity contribution < 1.29 is 19.1 Å². The van der Waals surface area contributed by atoms with Crippen molar-refractivity contribution in [1.29, 1.82) is 0 Å². The minimum atomic E-state index is -0.954. The first-order valence-electron chi connectivity index (χ1n) is 10.5. The van der Waals surface area contributed by atoms with Gasteiger partial charge in [0.05, 0.1) is 30.1 Å². The summed E-state index contributed by atoms with van der Waals surface area (Å²) in [6.45, 7) is 3.23. The van der Waals surface area contributed by atoms with Gasteiger partial charge in [-0.15, -0.1) is 10.2 Å². The predicted molar refractivity (Wildman–Crippen MR) is 122 cm³/mol. The highest BCUT2D eigenvalue weighted by Crippen LogP contribution is 2.35. The SMILES string of the molecule is CC1(C)Oc2cc(Nc3ncc(-c4nnco4)c(N[C@H](CO)c4ccccc4)n3)cnc2C1=O. The van der Waals surface area contributed by atoms with E-state index in [1.807, 2.05) is 30.3 Å².